The minimum Gasteiger partial charge on any atom is -0.481 e. The number of nitrogens with zero attached hydrogens (tertiary/aromatic N) is 2. The van der Waals surface area contributed by atoms with E-state index in [1.165, 1.54) is 0 Å². The summed E-state index contributed by atoms with van der Waals surface area (Å²) in [5, 5.41) is 9.12. The number of likely N-dealkylation sites (tertiary alicyclic amines) is 1. The smallest absolute Gasteiger partial charge is 0.311 e. The lowest BCUT2D eigenvalue weighted by Gasteiger charge is -2.19. The summed E-state index contributed by atoms with van der Waals surface area (Å²) < 4.78 is 0.802. The van der Waals surface area contributed by atoms with Crippen LogP contribution < -0.4 is 0 Å². The maximum absolute atomic E-state index is 12.1. The first-order valence-corrected chi connectivity index (χ1v) is 6.36. The summed E-state index contributed by atoms with van der Waals surface area (Å²) >= 11 is 3.25. The van der Waals surface area contributed by atoms with Crippen molar-refractivity contribution in [3.63, 3.8) is 0 Å². The minimum absolute atomic E-state index is 0.215. The van der Waals surface area contributed by atoms with Crippen molar-refractivity contribution < 1.29 is 14.7 Å². The maximum atomic E-state index is 12.1. The molecule has 0 saturated carbocycles. The van der Waals surface area contributed by atoms with Gasteiger partial charge in [-0.05, 0) is 41.4 Å². The van der Waals surface area contributed by atoms with Gasteiger partial charge >= 0.3 is 5.97 Å². The van der Waals surface area contributed by atoms with Crippen LogP contribution in [0.15, 0.2) is 22.8 Å². The van der Waals surface area contributed by atoms with E-state index in [4.69, 9.17) is 5.11 Å². The molecule has 6 heteroatoms. The van der Waals surface area contributed by atoms with Crippen molar-refractivity contribution >= 4 is 27.8 Å². The number of carboxylic acids is 1. The molecular weight excluding hydrogens is 300 g/mol. The van der Waals surface area contributed by atoms with Crippen LogP contribution in [0.25, 0.3) is 0 Å². The molecule has 1 N–H and O–H groups in total. The molecule has 1 saturated heterocycles. The minimum atomic E-state index is -0.860. The summed E-state index contributed by atoms with van der Waals surface area (Å²) in [4.78, 5) is 28.8. The fourth-order valence-electron chi connectivity index (χ4n) is 1.97. The Bertz CT molecular complexity index is 489. The molecule has 5 nitrogen and oxygen atoms in total. The predicted molar refractivity (Wildman–Crippen MR) is 68.2 cm³/mol. The van der Waals surface area contributed by atoms with Crippen molar-refractivity contribution in [2.45, 2.75) is 13.3 Å². The topological polar surface area (TPSA) is 70.5 Å². The molecule has 1 atom stereocenters. The van der Waals surface area contributed by atoms with Crippen LogP contribution in [0.1, 0.15) is 23.8 Å². The van der Waals surface area contributed by atoms with Crippen LogP contribution >= 0.6 is 15.9 Å². The second-order valence-electron chi connectivity index (χ2n) is 4.70. The normalized spacial score (nSPS) is 23.1. The van der Waals surface area contributed by atoms with Crippen molar-refractivity contribution in [3.05, 3.63) is 28.5 Å². The molecule has 1 aliphatic heterocycles. The fraction of sp³-hybridized carbons (Fsp3) is 0.417. The van der Waals surface area contributed by atoms with E-state index < -0.39 is 11.4 Å². The Balaban J connectivity index is 2.12. The molecule has 0 spiro atoms. The number of hydrogen-bond acceptors (Lipinski definition) is 3. The predicted octanol–water partition coefficient (Wildman–Crippen LogP) is 1.78. The van der Waals surface area contributed by atoms with Gasteiger partial charge in [0, 0.05) is 23.8 Å². The molecule has 0 radical (unpaired) electrons. The molecule has 96 valence electrons. The Morgan fingerprint density at radius 1 is 1.50 bits per heavy atom. The van der Waals surface area contributed by atoms with E-state index in [0.29, 0.717) is 18.7 Å². The standard InChI is InChI=1S/C12H13BrN2O3/c1-12(11(17)18)4-5-15(7-12)10(16)9-3-2-8(13)6-14-9/h2-3,6H,4-5,7H2,1H3,(H,17,18)/t12-/m0/s1. The third-order valence-corrected chi connectivity index (χ3v) is 3.69. The zero-order valence-corrected chi connectivity index (χ0v) is 11.5. The molecule has 18 heavy (non-hydrogen) atoms. The van der Waals surface area contributed by atoms with Crippen molar-refractivity contribution in [1.82, 2.24) is 9.88 Å². The Morgan fingerprint density at radius 2 is 2.22 bits per heavy atom. The van der Waals surface area contributed by atoms with Gasteiger partial charge in [-0.25, -0.2) is 4.98 Å². The number of amides is 1. The van der Waals surface area contributed by atoms with Crippen LogP contribution in [-0.4, -0.2) is 40.0 Å². The zero-order valence-electron chi connectivity index (χ0n) is 9.89. The van der Waals surface area contributed by atoms with Gasteiger partial charge < -0.3 is 10.0 Å². The van der Waals surface area contributed by atoms with Crippen molar-refractivity contribution in [2.75, 3.05) is 13.1 Å². The summed E-state index contributed by atoms with van der Waals surface area (Å²) in [5.74, 6) is -1.07. The van der Waals surface area contributed by atoms with E-state index in [2.05, 4.69) is 20.9 Å². The van der Waals surface area contributed by atoms with Gasteiger partial charge in [0.15, 0.2) is 0 Å². The van der Waals surface area contributed by atoms with E-state index in [9.17, 15) is 9.59 Å². The zero-order chi connectivity index (χ0) is 13.3. The van der Waals surface area contributed by atoms with E-state index in [-0.39, 0.29) is 12.5 Å². The van der Waals surface area contributed by atoms with Crippen LogP contribution in [0.3, 0.4) is 0 Å². The van der Waals surface area contributed by atoms with E-state index in [1.54, 1.807) is 30.2 Å². The highest BCUT2D eigenvalue weighted by Crippen LogP contribution is 2.30. The van der Waals surface area contributed by atoms with Gasteiger partial charge in [-0.3, -0.25) is 9.59 Å². The second kappa shape index (κ2) is 4.68. The number of aliphatic carboxylic acids is 1. The number of rotatable bonds is 2. The van der Waals surface area contributed by atoms with Gasteiger partial charge in [-0.15, -0.1) is 0 Å². The van der Waals surface area contributed by atoms with E-state index in [1.807, 2.05) is 0 Å². The largest absolute Gasteiger partial charge is 0.481 e. The average Bonchev–Trinajstić information content (AvgIpc) is 2.73. The molecule has 1 aromatic heterocycles. The van der Waals surface area contributed by atoms with E-state index >= 15 is 0 Å². The quantitative estimate of drug-likeness (QED) is 0.903. The molecule has 2 rings (SSSR count). The first-order valence-electron chi connectivity index (χ1n) is 5.57. The van der Waals surface area contributed by atoms with Crippen LogP contribution in [0, 0.1) is 5.41 Å². The number of pyridine rings is 1. The Hall–Kier alpha value is -1.43. The number of hydrogen-bond donors (Lipinski definition) is 1. The first-order chi connectivity index (χ1) is 8.42. The van der Waals surface area contributed by atoms with Gasteiger partial charge in [0.2, 0.25) is 0 Å². The Morgan fingerprint density at radius 3 is 2.72 bits per heavy atom. The molecule has 1 aromatic rings. The lowest BCUT2D eigenvalue weighted by Crippen LogP contribution is -2.35. The Labute approximate surface area is 113 Å². The summed E-state index contributed by atoms with van der Waals surface area (Å²) in [7, 11) is 0. The summed E-state index contributed by atoms with van der Waals surface area (Å²) in [6.45, 7) is 2.36. The summed E-state index contributed by atoms with van der Waals surface area (Å²) in [5.41, 5.74) is -0.502. The molecule has 1 aliphatic rings. The van der Waals surface area contributed by atoms with E-state index in [0.717, 1.165) is 4.47 Å². The number of carbonyl (C=O) groups excluding carboxylic acids is 1. The molecule has 0 aliphatic carbocycles. The highest BCUT2D eigenvalue weighted by atomic mass is 79.9. The lowest BCUT2D eigenvalue weighted by molar-refractivity contribution is -0.147. The second-order valence-corrected chi connectivity index (χ2v) is 5.62. The molecule has 0 unspecified atom stereocenters. The van der Waals surface area contributed by atoms with Gasteiger partial charge in [0.25, 0.3) is 5.91 Å². The fourth-order valence-corrected chi connectivity index (χ4v) is 2.21. The lowest BCUT2D eigenvalue weighted by atomic mass is 9.90. The third-order valence-electron chi connectivity index (χ3n) is 3.22. The molecule has 0 bridgehead atoms. The first kappa shape index (κ1) is 13.0. The monoisotopic (exact) mass is 312 g/mol. The highest BCUT2D eigenvalue weighted by Gasteiger charge is 2.42. The Kier molecular flexibility index (Phi) is 3.38. The van der Waals surface area contributed by atoms with Crippen LogP contribution in [0.2, 0.25) is 0 Å². The highest BCUT2D eigenvalue weighted by molar-refractivity contribution is 9.10. The van der Waals surface area contributed by atoms with Gasteiger partial charge in [0.1, 0.15) is 5.69 Å². The number of carboxylic acid groups (broad SMARTS) is 1. The van der Waals surface area contributed by atoms with Crippen LogP contribution in [0.4, 0.5) is 0 Å². The summed E-state index contributed by atoms with van der Waals surface area (Å²) in [6, 6.07) is 3.37. The molecule has 1 amide bonds. The SMILES string of the molecule is C[C@]1(C(=O)O)CCN(C(=O)c2ccc(Br)cn2)C1. The van der Waals surface area contributed by atoms with Crippen LogP contribution in [-0.2, 0) is 4.79 Å². The summed E-state index contributed by atoms with van der Waals surface area (Å²) in [6.07, 6.45) is 2.03. The average molecular weight is 313 g/mol. The van der Waals surface area contributed by atoms with Crippen LogP contribution in [0.5, 0.6) is 0 Å². The van der Waals surface area contributed by atoms with Gasteiger partial charge in [0.05, 0.1) is 5.41 Å². The van der Waals surface area contributed by atoms with Crippen molar-refractivity contribution in [2.24, 2.45) is 5.41 Å². The number of carbonyl (C=O) groups is 2. The molecular formula is C12H13BrN2O3. The van der Waals surface area contributed by atoms with Gasteiger partial charge in [-0.1, -0.05) is 0 Å². The molecule has 0 aromatic carbocycles. The molecule has 1 fully saturated rings. The number of aromatic nitrogens is 1. The van der Waals surface area contributed by atoms with Crippen molar-refractivity contribution in [1.29, 1.82) is 0 Å². The number of halogens is 1. The third kappa shape index (κ3) is 2.38. The van der Waals surface area contributed by atoms with Gasteiger partial charge in [-0.2, -0.15) is 0 Å². The maximum Gasteiger partial charge on any atom is 0.311 e. The van der Waals surface area contributed by atoms with Crippen molar-refractivity contribution in [3.8, 4) is 0 Å². The molecule has 2 heterocycles.